The molecular weight excluding hydrogens is 188 g/mol. The van der Waals surface area contributed by atoms with Crippen molar-refractivity contribution in [1.82, 2.24) is 15.4 Å². The van der Waals surface area contributed by atoms with Gasteiger partial charge in [-0.3, -0.25) is 11.3 Å². The summed E-state index contributed by atoms with van der Waals surface area (Å²) in [4.78, 5) is 8.39. The number of rotatable bonds is 5. The summed E-state index contributed by atoms with van der Waals surface area (Å²) in [5.74, 6) is 6.27. The summed E-state index contributed by atoms with van der Waals surface area (Å²) in [7, 11) is 0. The molecule has 1 unspecified atom stereocenters. The minimum Gasteiger partial charge on any atom is -0.271 e. The van der Waals surface area contributed by atoms with Crippen LogP contribution in [-0.2, 0) is 0 Å². The zero-order valence-corrected chi connectivity index (χ0v) is 9.33. The van der Waals surface area contributed by atoms with Crippen molar-refractivity contribution < 1.29 is 0 Å². The lowest BCUT2D eigenvalue weighted by atomic mass is 10.1. The predicted molar refractivity (Wildman–Crippen MR) is 60.9 cm³/mol. The molecule has 3 N–H and O–H groups in total. The Morgan fingerprint density at radius 1 is 1.67 bits per heavy atom. The Hall–Kier alpha value is -1.26. The van der Waals surface area contributed by atoms with E-state index in [1.807, 2.05) is 19.9 Å². The summed E-state index contributed by atoms with van der Waals surface area (Å²) in [6, 6.07) is 1.96. The molecule has 0 aliphatic carbocycles. The Morgan fingerprint density at radius 3 is 2.93 bits per heavy atom. The van der Waals surface area contributed by atoms with E-state index in [1.54, 1.807) is 6.20 Å². The first-order chi connectivity index (χ1) is 7.13. The highest BCUT2D eigenvalue weighted by Crippen LogP contribution is 2.17. The zero-order valence-electron chi connectivity index (χ0n) is 9.33. The molecule has 0 aliphatic rings. The van der Waals surface area contributed by atoms with Crippen LogP contribution >= 0.6 is 0 Å². The summed E-state index contributed by atoms with van der Waals surface area (Å²) in [6.07, 6.45) is 3.60. The third-order valence-electron chi connectivity index (χ3n) is 2.22. The lowest BCUT2D eigenvalue weighted by molar-refractivity contribution is 0.502. The second-order valence-corrected chi connectivity index (χ2v) is 3.74. The third-order valence-corrected chi connectivity index (χ3v) is 2.22. The van der Waals surface area contributed by atoms with Crippen LogP contribution in [0.15, 0.2) is 24.4 Å². The maximum atomic E-state index is 5.50. The van der Waals surface area contributed by atoms with E-state index in [2.05, 4.69) is 22.0 Å². The normalized spacial score (nSPS) is 12.5. The van der Waals surface area contributed by atoms with Crippen molar-refractivity contribution in [3.8, 4) is 0 Å². The van der Waals surface area contributed by atoms with Crippen molar-refractivity contribution in [2.75, 3.05) is 0 Å². The molecule has 1 atom stereocenters. The topological polar surface area (TPSA) is 63.8 Å². The molecule has 1 aromatic heterocycles. The van der Waals surface area contributed by atoms with Crippen LogP contribution in [0.3, 0.4) is 0 Å². The Bertz CT molecular complexity index is 335. The molecule has 0 saturated carbocycles. The SMILES string of the molecule is C=C(C)CCC(NN)c1ccnc(C)n1. The van der Waals surface area contributed by atoms with Crippen molar-refractivity contribution in [3.63, 3.8) is 0 Å². The lowest BCUT2D eigenvalue weighted by Crippen LogP contribution is -2.28. The standard InChI is InChI=1S/C11H18N4/c1-8(2)4-5-11(15-12)10-6-7-13-9(3)14-10/h6-7,11,15H,1,4-5,12H2,2-3H3. The zero-order chi connectivity index (χ0) is 11.3. The summed E-state index contributed by atoms with van der Waals surface area (Å²) in [5.41, 5.74) is 4.86. The first kappa shape index (κ1) is 11.8. The lowest BCUT2D eigenvalue weighted by Gasteiger charge is -2.15. The molecule has 0 spiro atoms. The van der Waals surface area contributed by atoms with Gasteiger partial charge in [-0.15, -0.1) is 6.58 Å². The summed E-state index contributed by atoms with van der Waals surface area (Å²) < 4.78 is 0. The Labute approximate surface area is 90.6 Å². The van der Waals surface area contributed by atoms with E-state index in [0.29, 0.717) is 0 Å². The van der Waals surface area contributed by atoms with Gasteiger partial charge in [0.1, 0.15) is 5.82 Å². The fourth-order valence-electron chi connectivity index (χ4n) is 1.38. The van der Waals surface area contributed by atoms with Crippen molar-refractivity contribution in [2.24, 2.45) is 5.84 Å². The minimum absolute atomic E-state index is 0.0726. The quantitative estimate of drug-likeness (QED) is 0.437. The first-order valence-corrected chi connectivity index (χ1v) is 5.03. The van der Waals surface area contributed by atoms with Crippen LogP contribution in [0, 0.1) is 6.92 Å². The van der Waals surface area contributed by atoms with E-state index in [4.69, 9.17) is 5.84 Å². The molecule has 4 nitrogen and oxygen atoms in total. The molecule has 1 rings (SSSR count). The smallest absolute Gasteiger partial charge is 0.125 e. The molecule has 0 fully saturated rings. The molecule has 1 heterocycles. The molecule has 0 radical (unpaired) electrons. The highest BCUT2D eigenvalue weighted by Gasteiger charge is 2.10. The van der Waals surface area contributed by atoms with E-state index < -0.39 is 0 Å². The number of allylic oxidation sites excluding steroid dienone is 1. The molecule has 0 aromatic carbocycles. The van der Waals surface area contributed by atoms with E-state index >= 15 is 0 Å². The second kappa shape index (κ2) is 5.58. The molecular formula is C11H18N4. The molecule has 0 amide bonds. The fraction of sp³-hybridized carbons (Fsp3) is 0.455. The molecule has 15 heavy (non-hydrogen) atoms. The minimum atomic E-state index is 0.0726. The highest BCUT2D eigenvalue weighted by atomic mass is 15.2. The van der Waals surface area contributed by atoms with Gasteiger partial charge in [0.15, 0.2) is 0 Å². The molecule has 1 aromatic rings. The van der Waals surface area contributed by atoms with Gasteiger partial charge in [-0.25, -0.2) is 9.97 Å². The van der Waals surface area contributed by atoms with Gasteiger partial charge in [0.25, 0.3) is 0 Å². The molecule has 0 aliphatic heterocycles. The maximum Gasteiger partial charge on any atom is 0.125 e. The monoisotopic (exact) mass is 206 g/mol. The molecule has 0 saturated heterocycles. The van der Waals surface area contributed by atoms with Crippen LogP contribution < -0.4 is 11.3 Å². The average Bonchev–Trinajstić information content (AvgIpc) is 2.18. The Kier molecular flexibility index (Phi) is 4.39. The number of hydrogen-bond acceptors (Lipinski definition) is 4. The van der Waals surface area contributed by atoms with E-state index in [0.717, 1.165) is 29.9 Å². The van der Waals surface area contributed by atoms with Crippen LogP contribution in [0.25, 0.3) is 0 Å². The van der Waals surface area contributed by atoms with E-state index in [9.17, 15) is 0 Å². The van der Waals surface area contributed by atoms with Crippen molar-refractivity contribution in [2.45, 2.75) is 32.7 Å². The summed E-state index contributed by atoms with van der Waals surface area (Å²) >= 11 is 0. The van der Waals surface area contributed by atoms with E-state index in [1.165, 1.54) is 0 Å². The number of nitrogens with two attached hydrogens (primary N) is 1. The van der Waals surface area contributed by atoms with Gasteiger partial charge in [-0.05, 0) is 32.8 Å². The second-order valence-electron chi connectivity index (χ2n) is 3.74. The maximum absolute atomic E-state index is 5.50. The first-order valence-electron chi connectivity index (χ1n) is 5.03. The predicted octanol–water partition coefficient (Wildman–Crippen LogP) is 1.65. The molecule has 4 heteroatoms. The Morgan fingerprint density at radius 2 is 2.40 bits per heavy atom. The van der Waals surface area contributed by atoms with Gasteiger partial charge in [-0.2, -0.15) is 0 Å². The van der Waals surface area contributed by atoms with Gasteiger partial charge in [0.05, 0.1) is 11.7 Å². The molecule has 82 valence electrons. The fourth-order valence-corrected chi connectivity index (χ4v) is 1.38. The van der Waals surface area contributed by atoms with Crippen molar-refractivity contribution >= 4 is 0 Å². The number of hydrogen-bond donors (Lipinski definition) is 2. The van der Waals surface area contributed by atoms with Gasteiger partial charge in [0.2, 0.25) is 0 Å². The average molecular weight is 206 g/mol. The number of hydrazine groups is 1. The van der Waals surface area contributed by atoms with Crippen LogP contribution in [0.1, 0.15) is 37.3 Å². The van der Waals surface area contributed by atoms with Gasteiger partial charge in [0, 0.05) is 6.20 Å². The highest BCUT2D eigenvalue weighted by molar-refractivity contribution is 5.07. The van der Waals surface area contributed by atoms with Crippen LogP contribution in [0.2, 0.25) is 0 Å². The van der Waals surface area contributed by atoms with Crippen LogP contribution in [0.4, 0.5) is 0 Å². The Balaban J connectivity index is 2.69. The summed E-state index contributed by atoms with van der Waals surface area (Å²) in [6.45, 7) is 7.75. The van der Waals surface area contributed by atoms with Gasteiger partial charge in [-0.1, -0.05) is 5.57 Å². The summed E-state index contributed by atoms with van der Waals surface area (Å²) in [5, 5.41) is 0. The molecule has 0 bridgehead atoms. The number of aryl methyl sites for hydroxylation is 1. The van der Waals surface area contributed by atoms with Gasteiger partial charge < -0.3 is 0 Å². The van der Waals surface area contributed by atoms with Crippen molar-refractivity contribution in [1.29, 1.82) is 0 Å². The van der Waals surface area contributed by atoms with Crippen molar-refractivity contribution in [3.05, 3.63) is 35.9 Å². The largest absolute Gasteiger partial charge is 0.271 e. The number of nitrogens with one attached hydrogen (secondary N) is 1. The third kappa shape index (κ3) is 3.77. The van der Waals surface area contributed by atoms with Crippen LogP contribution in [0.5, 0.6) is 0 Å². The number of aromatic nitrogens is 2. The van der Waals surface area contributed by atoms with E-state index in [-0.39, 0.29) is 6.04 Å². The van der Waals surface area contributed by atoms with Crippen LogP contribution in [-0.4, -0.2) is 9.97 Å². The number of nitrogens with zero attached hydrogens (tertiary/aromatic N) is 2. The van der Waals surface area contributed by atoms with Gasteiger partial charge >= 0.3 is 0 Å².